The van der Waals surface area contributed by atoms with Crippen LogP contribution in [0.25, 0.3) is 27.5 Å². The van der Waals surface area contributed by atoms with Crippen molar-refractivity contribution in [2.24, 2.45) is 5.41 Å². The number of aryl methyl sites for hydroxylation is 1. The summed E-state index contributed by atoms with van der Waals surface area (Å²) in [5.74, 6) is 0. The molecule has 0 N–H and O–H groups in total. The van der Waals surface area contributed by atoms with E-state index in [1.165, 1.54) is 33.1 Å². The van der Waals surface area contributed by atoms with E-state index in [-0.39, 0.29) is 5.41 Å². The molecule has 0 radical (unpaired) electrons. The van der Waals surface area contributed by atoms with Crippen molar-refractivity contribution in [3.05, 3.63) is 78.4 Å². The van der Waals surface area contributed by atoms with Crippen LogP contribution in [-0.4, -0.2) is 4.57 Å². The lowest BCUT2D eigenvalue weighted by Crippen LogP contribution is -2.01. The molecule has 0 unspecified atom stereocenters. The molecule has 23 heavy (non-hydrogen) atoms. The van der Waals surface area contributed by atoms with Crippen LogP contribution in [0.1, 0.15) is 19.4 Å². The van der Waals surface area contributed by atoms with Crippen LogP contribution < -0.4 is 0 Å². The number of rotatable bonds is 1. The summed E-state index contributed by atoms with van der Waals surface area (Å²) in [5, 5.41) is 2.67. The van der Waals surface area contributed by atoms with Crippen molar-refractivity contribution in [1.82, 2.24) is 4.57 Å². The second-order valence-electron chi connectivity index (χ2n) is 6.93. The van der Waals surface area contributed by atoms with Gasteiger partial charge in [0.25, 0.3) is 0 Å². The summed E-state index contributed by atoms with van der Waals surface area (Å²) in [4.78, 5) is 0. The van der Waals surface area contributed by atoms with E-state index in [2.05, 4.69) is 98.2 Å². The molecule has 4 rings (SSSR count). The van der Waals surface area contributed by atoms with E-state index < -0.39 is 0 Å². The van der Waals surface area contributed by atoms with Gasteiger partial charge < -0.3 is 4.57 Å². The Labute approximate surface area is 137 Å². The van der Waals surface area contributed by atoms with Gasteiger partial charge in [-0.05, 0) is 36.8 Å². The molecule has 0 fully saturated rings. The Balaban J connectivity index is 2.09. The van der Waals surface area contributed by atoms with Gasteiger partial charge >= 0.3 is 0 Å². The molecule has 0 bridgehead atoms. The minimum Gasteiger partial charge on any atom is -0.309 e. The smallest absolute Gasteiger partial charge is 0.0543 e. The Morgan fingerprint density at radius 3 is 2.52 bits per heavy atom. The molecule has 1 aromatic heterocycles. The van der Waals surface area contributed by atoms with E-state index in [1.54, 1.807) is 0 Å². The molecule has 1 heteroatoms. The molecule has 1 aliphatic carbocycles. The van der Waals surface area contributed by atoms with Crippen LogP contribution >= 0.6 is 0 Å². The second-order valence-corrected chi connectivity index (χ2v) is 6.93. The number of nitrogens with zero attached hydrogens (tertiary/aromatic N) is 1. The highest BCUT2D eigenvalue weighted by molar-refractivity contribution is 6.11. The first kappa shape index (κ1) is 14.1. The molecule has 0 spiro atoms. The van der Waals surface area contributed by atoms with E-state index >= 15 is 0 Å². The topological polar surface area (TPSA) is 4.93 Å². The van der Waals surface area contributed by atoms with Gasteiger partial charge in [-0.2, -0.15) is 0 Å². The number of benzene rings is 2. The Bertz CT molecular complexity index is 993. The summed E-state index contributed by atoms with van der Waals surface area (Å²) in [5.41, 5.74) is 5.17. The normalized spacial score (nSPS) is 16.7. The summed E-state index contributed by atoms with van der Waals surface area (Å²) in [6.45, 7) is 6.65. The molecule has 2 aromatic carbocycles. The number of hydrogen-bond acceptors (Lipinski definition) is 0. The van der Waals surface area contributed by atoms with Crippen LogP contribution in [0.5, 0.6) is 0 Å². The number of allylic oxidation sites excluding steroid dienone is 6. The Kier molecular flexibility index (Phi) is 3.05. The summed E-state index contributed by atoms with van der Waals surface area (Å²) in [7, 11) is 0. The Morgan fingerprint density at radius 1 is 0.870 bits per heavy atom. The lowest BCUT2D eigenvalue weighted by Gasteiger charge is -2.13. The minimum absolute atomic E-state index is 0.0902. The van der Waals surface area contributed by atoms with Gasteiger partial charge in [0.2, 0.25) is 0 Å². The molecule has 3 aromatic rings. The van der Waals surface area contributed by atoms with Gasteiger partial charge in [-0.25, -0.2) is 0 Å². The number of aromatic nitrogens is 1. The van der Waals surface area contributed by atoms with Crippen LogP contribution in [0.15, 0.2) is 72.8 Å². The maximum Gasteiger partial charge on any atom is 0.0543 e. The first-order chi connectivity index (χ1) is 11.1. The Morgan fingerprint density at radius 2 is 1.65 bits per heavy atom. The summed E-state index contributed by atoms with van der Waals surface area (Å²) < 4.78 is 2.37. The Hall–Kier alpha value is -2.54. The zero-order chi connectivity index (χ0) is 16.0. The zero-order valence-corrected chi connectivity index (χ0v) is 13.9. The molecule has 1 aliphatic rings. The summed E-state index contributed by atoms with van der Waals surface area (Å²) in [6.07, 6.45) is 11.1. The van der Waals surface area contributed by atoms with Crippen LogP contribution in [0.3, 0.4) is 0 Å². The summed E-state index contributed by atoms with van der Waals surface area (Å²) >= 11 is 0. The van der Waals surface area contributed by atoms with Gasteiger partial charge in [0.05, 0.1) is 11.0 Å². The van der Waals surface area contributed by atoms with Gasteiger partial charge in [-0.1, -0.05) is 62.4 Å². The third kappa shape index (κ3) is 2.24. The van der Waals surface area contributed by atoms with E-state index in [0.717, 1.165) is 0 Å². The second kappa shape index (κ2) is 4.99. The fourth-order valence-electron chi connectivity index (χ4n) is 3.43. The van der Waals surface area contributed by atoms with Crippen LogP contribution in [0.4, 0.5) is 0 Å². The largest absolute Gasteiger partial charge is 0.309 e. The monoisotopic (exact) mass is 299 g/mol. The molecular weight excluding hydrogens is 278 g/mol. The SMILES string of the molecule is Cc1cccc2c1c1ccccc1n2C1=CC=CC(C)(C)C=C1. The molecule has 1 nitrogen and oxygen atoms in total. The molecule has 0 saturated carbocycles. The van der Waals surface area contributed by atoms with E-state index in [1.807, 2.05) is 0 Å². The molecular formula is C22H21N. The molecule has 0 saturated heterocycles. The standard InChI is InChI=1S/C22H21N/c1-16-8-6-12-20-21(16)18-10-4-5-11-19(18)23(20)17-9-7-14-22(2,3)15-13-17/h4-15H,1-3H3. The van der Waals surface area contributed by atoms with E-state index in [4.69, 9.17) is 0 Å². The molecule has 0 amide bonds. The number of hydrogen-bond donors (Lipinski definition) is 0. The zero-order valence-electron chi connectivity index (χ0n) is 13.9. The first-order valence-corrected chi connectivity index (χ1v) is 8.15. The van der Waals surface area contributed by atoms with E-state index in [9.17, 15) is 0 Å². The highest BCUT2D eigenvalue weighted by atomic mass is 15.0. The fourth-order valence-corrected chi connectivity index (χ4v) is 3.43. The first-order valence-electron chi connectivity index (χ1n) is 8.15. The quantitative estimate of drug-likeness (QED) is 0.512. The average molecular weight is 299 g/mol. The van der Waals surface area contributed by atoms with Crippen molar-refractivity contribution < 1.29 is 0 Å². The van der Waals surface area contributed by atoms with Crippen molar-refractivity contribution in [2.45, 2.75) is 20.8 Å². The van der Waals surface area contributed by atoms with Crippen molar-refractivity contribution in [1.29, 1.82) is 0 Å². The van der Waals surface area contributed by atoms with Crippen LogP contribution in [0.2, 0.25) is 0 Å². The average Bonchev–Trinajstić information content (AvgIpc) is 2.75. The van der Waals surface area contributed by atoms with E-state index in [0.29, 0.717) is 0 Å². The highest BCUT2D eigenvalue weighted by Gasteiger charge is 2.16. The lowest BCUT2D eigenvalue weighted by atomic mass is 9.93. The molecule has 0 atom stereocenters. The van der Waals surface area contributed by atoms with Crippen LogP contribution in [0, 0.1) is 12.3 Å². The molecule has 114 valence electrons. The van der Waals surface area contributed by atoms with Crippen molar-refractivity contribution in [3.63, 3.8) is 0 Å². The molecule has 0 aliphatic heterocycles. The van der Waals surface area contributed by atoms with Gasteiger partial charge in [0.1, 0.15) is 0 Å². The van der Waals surface area contributed by atoms with Crippen molar-refractivity contribution in [3.8, 4) is 0 Å². The lowest BCUT2D eigenvalue weighted by molar-refractivity contribution is 0.627. The van der Waals surface area contributed by atoms with Gasteiger partial charge in [-0.3, -0.25) is 0 Å². The third-order valence-corrected chi connectivity index (χ3v) is 4.64. The van der Waals surface area contributed by atoms with Crippen LogP contribution in [-0.2, 0) is 0 Å². The maximum atomic E-state index is 2.37. The van der Waals surface area contributed by atoms with Crippen molar-refractivity contribution >= 4 is 27.5 Å². The minimum atomic E-state index is 0.0902. The highest BCUT2D eigenvalue weighted by Crippen LogP contribution is 2.35. The van der Waals surface area contributed by atoms with Crippen molar-refractivity contribution in [2.75, 3.05) is 0 Å². The maximum absolute atomic E-state index is 2.37. The van der Waals surface area contributed by atoms with Gasteiger partial charge in [0.15, 0.2) is 0 Å². The van der Waals surface area contributed by atoms with Gasteiger partial charge in [-0.15, -0.1) is 0 Å². The summed E-state index contributed by atoms with van der Waals surface area (Å²) in [6, 6.07) is 15.2. The number of fused-ring (bicyclic) bond motifs is 3. The molecule has 1 heterocycles. The van der Waals surface area contributed by atoms with Gasteiger partial charge in [0, 0.05) is 21.9 Å². The predicted molar refractivity (Wildman–Crippen MR) is 101 cm³/mol. The fraction of sp³-hybridized carbons (Fsp3) is 0.182. The predicted octanol–water partition coefficient (Wildman–Crippen LogP) is 6.10. The third-order valence-electron chi connectivity index (χ3n) is 4.64. The number of para-hydroxylation sites is 1.